The lowest BCUT2D eigenvalue weighted by Gasteiger charge is -2.03. The Hall–Kier alpha value is -1.23. The molecular formula is C11H12BrNO3. The molecule has 0 aromatic heterocycles. The molecule has 0 heterocycles. The van der Waals surface area contributed by atoms with Crippen LogP contribution < -0.4 is 0 Å². The molecule has 0 N–H and O–H groups in total. The van der Waals surface area contributed by atoms with Crippen LogP contribution in [0.3, 0.4) is 0 Å². The number of aryl methyl sites for hydroxylation is 1. The van der Waals surface area contributed by atoms with E-state index < -0.39 is 4.92 Å². The summed E-state index contributed by atoms with van der Waals surface area (Å²) in [6, 6.07) is 4.53. The van der Waals surface area contributed by atoms with E-state index in [-0.39, 0.29) is 11.5 Å². The van der Waals surface area contributed by atoms with Crippen molar-refractivity contribution < 1.29 is 9.72 Å². The molecule has 0 radical (unpaired) electrons. The Kier molecular flexibility index (Phi) is 4.61. The molecule has 0 aliphatic carbocycles. The number of carbonyl (C=O) groups excluding carboxylic acids is 1. The number of nitrogens with zero attached hydrogens (tertiary/aromatic N) is 1. The number of nitro benzene ring substituents is 1. The number of hydrogen-bond acceptors (Lipinski definition) is 3. The minimum absolute atomic E-state index is 0.00136. The molecule has 0 bridgehead atoms. The lowest BCUT2D eigenvalue weighted by molar-refractivity contribution is -0.385. The Morgan fingerprint density at radius 1 is 1.50 bits per heavy atom. The lowest BCUT2D eigenvalue weighted by Crippen LogP contribution is -2.02. The quantitative estimate of drug-likeness (QED) is 0.361. The van der Waals surface area contributed by atoms with E-state index in [1.54, 1.807) is 6.07 Å². The predicted molar refractivity (Wildman–Crippen MR) is 65.2 cm³/mol. The molecule has 16 heavy (non-hydrogen) atoms. The van der Waals surface area contributed by atoms with Crippen LogP contribution in [0.2, 0.25) is 0 Å². The summed E-state index contributed by atoms with van der Waals surface area (Å²) in [4.78, 5) is 21.9. The molecule has 4 nitrogen and oxygen atoms in total. The van der Waals surface area contributed by atoms with Crippen LogP contribution >= 0.6 is 15.9 Å². The standard InChI is InChI=1S/C11H12BrNO3/c1-2-8-7-9(11(14)5-6-12)3-4-10(8)13(15)16/h3-4,7H,2,5-6H2,1H3. The fourth-order valence-electron chi connectivity index (χ4n) is 1.45. The first-order chi connectivity index (χ1) is 7.60. The van der Waals surface area contributed by atoms with E-state index in [0.717, 1.165) is 0 Å². The van der Waals surface area contributed by atoms with E-state index in [9.17, 15) is 14.9 Å². The molecule has 0 spiro atoms. The second-order valence-corrected chi connectivity index (χ2v) is 4.11. The van der Waals surface area contributed by atoms with Crippen molar-refractivity contribution in [3.63, 3.8) is 0 Å². The van der Waals surface area contributed by atoms with Gasteiger partial charge in [-0.2, -0.15) is 0 Å². The van der Waals surface area contributed by atoms with Crippen molar-refractivity contribution in [3.8, 4) is 0 Å². The fraction of sp³-hybridized carbons (Fsp3) is 0.364. The monoisotopic (exact) mass is 285 g/mol. The Morgan fingerprint density at radius 2 is 2.19 bits per heavy atom. The van der Waals surface area contributed by atoms with Crippen LogP contribution in [0.5, 0.6) is 0 Å². The molecule has 0 aliphatic rings. The number of hydrogen-bond donors (Lipinski definition) is 0. The number of halogens is 1. The van der Waals surface area contributed by atoms with Gasteiger partial charge in [0.25, 0.3) is 5.69 Å². The average molecular weight is 286 g/mol. The summed E-state index contributed by atoms with van der Waals surface area (Å²) >= 11 is 3.19. The van der Waals surface area contributed by atoms with Crippen molar-refractivity contribution >= 4 is 27.4 Å². The van der Waals surface area contributed by atoms with Crippen molar-refractivity contribution in [3.05, 3.63) is 39.4 Å². The maximum Gasteiger partial charge on any atom is 0.272 e. The normalized spacial score (nSPS) is 10.1. The van der Waals surface area contributed by atoms with E-state index in [1.165, 1.54) is 12.1 Å². The molecule has 0 atom stereocenters. The fourth-order valence-corrected chi connectivity index (χ4v) is 1.81. The van der Waals surface area contributed by atoms with Crippen molar-refractivity contribution in [1.29, 1.82) is 0 Å². The predicted octanol–water partition coefficient (Wildman–Crippen LogP) is 3.12. The molecule has 5 heteroatoms. The highest BCUT2D eigenvalue weighted by Gasteiger charge is 2.14. The summed E-state index contributed by atoms with van der Waals surface area (Å²) < 4.78 is 0. The molecule has 1 aromatic carbocycles. The zero-order chi connectivity index (χ0) is 12.1. The smallest absolute Gasteiger partial charge is 0.272 e. The molecule has 0 amide bonds. The Labute approximate surface area is 102 Å². The minimum atomic E-state index is -0.419. The van der Waals surface area contributed by atoms with Gasteiger partial charge in [0.2, 0.25) is 0 Å². The van der Waals surface area contributed by atoms with E-state index in [1.807, 2.05) is 6.92 Å². The van der Waals surface area contributed by atoms with Crippen LogP contribution in [0.4, 0.5) is 5.69 Å². The number of carbonyl (C=O) groups is 1. The largest absolute Gasteiger partial charge is 0.294 e. The third-order valence-corrected chi connectivity index (χ3v) is 2.70. The number of benzene rings is 1. The number of alkyl halides is 1. The molecule has 1 aromatic rings. The number of ketones is 1. The SMILES string of the molecule is CCc1cc(C(=O)CCBr)ccc1[N+](=O)[O-]. The van der Waals surface area contributed by atoms with E-state index in [4.69, 9.17) is 0 Å². The number of nitro groups is 1. The second kappa shape index (κ2) is 5.75. The number of Topliss-reactive ketones (excluding diaryl/α,β-unsaturated/α-hetero) is 1. The highest BCUT2D eigenvalue weighted by molar-refractivity contribution is 9.09. The van der Waals surface area contributed by atoms with Crippen molar-refractivity contribution in [2.75, 3.05) is 5.33 Å². The van der Waals surface area contributed by atoms with Crippen LogP contribution in [-0.2, 0) is 6.42 Å². The highest BCUT2D eigenvalue weighted by atomic mass is 79.9. The first-order valence-corrected chi connectivity index (χ1v) is 6.08. The first kappa shape index (κ1) is 12.8. The molecule has 0 saturated heterocycles. The average Bonchev–Trinajstić information content (AvgIpc) is 2.28. The van der Waals surface area contributed by atoms with Crippen LogP contribution in [0, 0.1) is 10.1 Å². The van der Waals surface area contributed by atoms with Crippen molar-refractivity contribution in [2.45, 2.75) is 19.8 Å². The van der Waals surface area contributed by atoms with Gasteiger partial charge in [0.05, 0.1) is 4.92 Å². The molecular weight excluding hydrogens is 274 g/mol. The summed E-state index contributed by atoms with van der Waals surface area (Å²) in [6.45, 7) is 1.83. The second-order valence-electron chi connectivity index (χ2n) is 3.32. The molecule has 86 valence electrons. The Balaban J connectivity index is 3.08. The zero-order valence-electron chi connectivity index (χ0n) is 8.90. The van der Waals surface area contributed by atoms with Gasteiger partial charge in [-0.1, -0.05) is 22.9 Å². The summed E-state index contributed by atoms with van der Waals surface area (Å²) in [6.07, 6.45) is 0.951. The first-order valence-electron chi connectivity index (χ1n) is 4.96. The van der Waals surface area contributed by atoms with Crippen LogP contribution in [-0.4, -0.2) is 16.0 Å². The summed E-state index contributed by atoms with van der Waals surface area (Å²) in [5.74, 6) is 0.00136. The van der Waals surface area contributed by atoms with Gasteiger partial charge in [-0.15, -0.1) is 0 Å². The topological polar surface area (TPSA) is 60.2 Å². The molecule has 1 rings (SSSR count). The Bertz CT molecular complexity index is 418. The zero-order valence-corrected chi connectivity index (χ0v) is 10.5. The summed E-state index contributed by atoms with van der Waals surface area (Å²) in [5.41, 5.74) is 1.23. The van der Waals surface area contributed by atoms with E-state index >= 15 is 0 Å². The lowest BCUT2D eigenvalue weighted by atomic mass is 10.0. The third-order valence-electron chi connectivity index (χ3n) is 2.30. The van der Waals surface area contributed by atoms with Gasteiger partial charge in [0.1, 0.15) is 0 Å². The van der Waals surface area contributed by atoms with Crippen LogP contribution in [0.1, 0.15) is 29.3 Å². The van der Waals surface area contributed by atoms with Gasteiger partial charge in [-0.05, 0) is 18.6 Å². The van der Waals surface area contributed by atoms with Gasteiger partial charge in [0.15, 0.2) is 5.78 Å². The van der Waals surface area contributed by atoms with Crippen LogP contribution in [0.15, 0.2) is 18.2 Å². The number of rotatable bonds is 5. The molecule has 0 saturated carbocycles. The summed E-state index contributed by atoms with van der Waals surface area (Å²) in [7, 11) is 0. The van der Waals surface area contributed by atoms with Crippen LogP contribution in [0.25, 0.3) is 0 Å². The maximum absolute atomic E-state index is 11.6. The van der Waals surface area contributed by atoms with Gasteiger partial charge in [-0.3, -0.25) is 14.9 Å². The molecule has 0 aliphatic heterocycles. The van der Waals surface area contributed by atoms with Gasteiger partial charge >= 0.3 is 0 Å². The van der Waals surface area contributed by atoms with Gasteiger partial charge < -0.3 is 0 Å². The molecule has 0 unspecified atom stereocenters. The van der Waals surface area contributed by atoms with E-state index in [0.29, 0.717) is 29.3 Å². The Morgan fingerprint density at radius 3 is 2.69 bits per heavy atom. The van der Waals surface area contributed by atoms with Crippen molar-refractivity contribution in [2.24, 2.45) is 0 Å². The maximum atomic E-state index is 11.6. The van der Waals surface area contributed by atoms with E-state index in [2.05, 4.69) is 15.9 Å². The summed E-state index contributed by atoms with van der Waals surface area (Å²) in [5, 5.41) is 11.3. The van der Waals surface area contributed by atoms with Gasteiger partial charge in [0, 0.05) is 28.9 Å². The van der Waals surface area contributed by atoms with Crippen molar-refractivity contribution in [1.82, 2.24) is 0 Å². The molecule has 0 fully saturated rings. The highest BCUT2D eigenvalue weighted by Crippen LogP contribution is 2.21. The van der Waals surface area contributed by atoms with Gasteiger partial charge in [-0.25, -0.2) is 0 Å². The third kappa shape index (κ3) is 2.88. The minimum Gasteiger partial charge on any atom is -0.294 e.